The summed E-state index contributed by atoms with van der Waals surface area (Å²) in [5.74, 6) is -0.954. The van der Waals surface area contributed by atoms with Crippen molar-refractivity contribution in [3.8, 4) is 0 Å². The molecule has 1 aromatic rings. The van der Waals surface area contributed by atoms with E-state index in [-0.39, 0.29) is 12.2 Å². The Kier molecular flexibility index (Phi) is 1.91. The number of aryl methyl sites for hydroxylation is 1. The molecule has 0 atom stereocenters. The summed E-state index contributed by atoms with van der Waals surface area (Å²) in [5.41, 5.74) is -1.27. The Morgan fingerprint density at radius 2 is 2.08 bits per heavy atom. The molecule has 0 aliphatic heterocycles. The molecule has 1 rings (SSSR count). The van der Waals surface area contributed by atoms with Gasteiger partial charge in [0, 0.05) is 6.92 Å². The Bertz CT molecular complexity index is 302. The van der Waals surface area contributed by atoms with E-state index in [1.165, 1.54) is 6.92 Å². The Balaban J connectivity index is 3.22. The first-order valence-corrected chi connectivity index (χ1v) is 2.95. The van der Waals surface area contributed by atoms with Crippen LogP contribution in [0.4, 0.5) is 13.2 Å². The summed E-state index contributed by atoms with van der Waals surface area (Å²) in [6, 6.07) is 0. The molecule has 0 bridgehead atoms. The second-order valence-corrected chi connectivity index (χ2v) is 2.06. The van der Waals surface area contributed by atoms with Crippen molar-refractivity contribution in [3.05, 3.63) is 17.3 Å². The van der Waals surface area contributed by atoms with Crippen molar-refractivity contribution in [1.29, 1.82) is 0 Å². The quantitative estimate of drug-likeness (QED) is 0.617. The molecule has 0 spiro atoms. The average molecular weight is 179 g/mol. The number of aldehydes is 1. The van der Waals surface area contributed by atoms with Gasteiger partial charge in [-0.05, 0) is 0 Å². The zero-order valence-electron chi connectivity index (χ0n) is 5.97. The van der Waals surface area contributed by atoms with Crippen LogP contribution in [-0.4, -0.2) is 11.3 Å². The van der Waals surface area contributed by atoms with Gasteiger partial charge in [0.2, 0.25) is 0 Å². The molecule has 0 radical (unpaired) electrons. The van der Waals surface area contributed by atoms with E-state index in [1.54, 1.807) is 0 Å². The van der Waals surface area contributed by atoms with Crippen molar-refractivity contribution in [1.82, 2.24) is 4.98 Å². The zero-order valence-corrected chi connectivity index (χ0v) is 5.97. The van der Waals surface area contributed by atoms with E-state index in [0.29, 0.717) is 0 Å². The summed E-state index contributed by atoms with van der Waals surface area (Å²) in [5, 5.41) is 0. The minimum atomic E-state index is -4.63. The predicted octanol–water partition coefficient (Wildman–Crippen LogP) is 1.81. The van der Waals surface area contributed by atoms with Crippen molar-refractivity contribution in [2.45, 2.75) is 13.1 Å². The van der Waals surface area contributed by atoms with Crippen LogP contribution in [0.5, 0.6) is 0 Å². The van der Waals surface area contributed by atoms with Gasteiger partial charge in [0.1, 0.15) is 0 Å². The molecule has 0 saturated heterocycles. The first-order chi connectivity index (χ1) is 5.45. The maximum atomic E-state index is 12.0. The predicted molar refractivity (Wildman–Crippen MR) is 31.6 cm³/mol. The van der Waals surface area contributed by atoms with Gasteiger partial charge >= 0.3 is 6.18 Å². The maximum absolute atomic E-state index is 12.0. The molecule has 0 aliphatic carbocycles. The van der Waals surface area contributed by atoms with Crippen molar-refractivity contribution in [2.24, 2.45) is 0 Å². The molecule has 0 amide bonds. The number of hydrogen-bond acceptors (Lipinski definition) is 3. The zero-order chi connectivity index (χ0) is 9.35. The van der Waals surface area contributed by atoms with E-state index >= 15 is 0 Å². The minimum Gasteiger partial charge on any atom is -0.438 e. The van der Waals surface area contributed by atoms with E-state index in [9.17, 15) is 18.0 Å². The molecule has 0 saturated carbocycles. The normalized spacial score (nSPS) is 11.7. The number of halogens is 3. The third-order valence-electron chi connectivity index (χ3n) is 1.14. The Labute approximate surface area is 65.2 Å². The number of aromatic nitrogens is 1. The lowest BCUT2D eigenvalue weighted by Gasteiger charge is -1.99. The number of alkyl halides is 3. The highest BCUT2D eigenvalue weighted by Crippen LogP contribution is 2.30. The van der Waals surface area contributed by atoms with E-state index < -0.39 is 17.6 Å². The molecule has 0 N–H and O–H groups in total. The first kappa shape index (κ1) is 8.76. The first-order valence-electron chi connectivity index (χ1n) is 2.95. The van der Waals surface area contributed by atoms with Gasteiger partial charge in [-0.3, -0.25) is 4.79 Å². The van der Waals surface area contributed by atoms with Crippen molar-refractivity contribution in [2.75, 3.05) is 0 Å². The van der Waals surface area contributed by atoms with Crippen LogP contribution < -0.4 is 0 Å². The molecule has 0 aliphatic rings. The monoisotopic (exact) mass is 179 g/mol. The Hall–Kier alpha value is -1.33. The number of nitrogens with zero attached hydrogens (tertiary/aromatic N) is 1. The summed E-state index contributed by atoms with van der Waals surface area (Å²) < 4.78 is 40.3. The molecule has 1 heterocycles. The molecule has 6 heteroatoms. The average Bonchev–Trinajstić information content (AvgIpc) is 2.29. The van der Waals surface area contributed by atoms with Gasteiger partial charge in [-0.25, -0.2) is 4.98 Å². The van der Waals surface area contributed by atoms with Gasteiger partial charge in [-0.1, -0.05) is 0 Å². The van der Waals surface area contributed by atoms with Crippen LogP contribution in [0, 0.1) is 6.92 Å². The summed E-state index contributed by atoms with van der Waals surface area (Å²) >= 11 is 0. The maximum Gasteiger partial charge on any atom is 0.437 e. The largest absolute Gasteiger partial charge is 0.438 e. The van der Waals surface area contributed by atoms with Crippen LogP contribution in [0.2, 0.25) is 0 Å². The number of rotatable bonds is 1. The molecule has 12 heavy (non-hydrogen) atoms. The van der Waals surface area contributed by atoms with Crippen LogP contribution >= 0.6 is 0 Å². The Morgan fingerprint density at radius 3 is 2.42 bits per heavy atom. The fourth-order valence-electron chi connectivity index (χ4n) is 0.726. The molecular formula is C6H4F3NO2. The fraction of sp³-hybridized carbons (Fsp3) is 0.333. The number of hydrogen-bond donors (Lipinski definition) is 0. The lowest BCUT2D eigenvalue weighted by Crippen LogP contribution is -2.08. The van der Waals surface area contributed by atoms with Crippen LogP contribution in [-0.2, 0) is 6.18 Å². The Morgan fingerprint density at radius 1 is 1.50 bits per heavy atom. The van der Waals surface area contributed by atoms with Gasteiger partial charge in [0.05, 0.1) is 0 Å². The standard InChI is InChI=1S/C6H4F3NO2/c1-3-10-5(6(7,8)9)4(2-11)12-3/h2H,1H3. The van der Waals surface area contributed by atoms with Crippen molar-refractivity contribution >= 4 is 6.29 Å². The summed E-state index contributed by atoms with van der Waals surface area (Å²) in [6.07, 6.45) is -4.64. The number of carbonyl (C=O) groups is 1. The SMILES string of the molecule is Cc1nc(C(F)(F)F)c(C=O)o1. The molecule has 0 fully saturated rings. The minimum absolute atomic E-state index is 0.0111. The van der Waals surface area contributed by atoms with Gasteiger partial charge < -0.3 is 4.42 Å². The second-order valence-electron chi connectivity index (χ2n) is 2.06. The second kappa shape index (κ2) is 2.62. The van der Waals surface area contributed by atoms with Crippen LogP contribution in [0.1, 0.15) is 22.1 Å². The van der Waals surface area contributed by atoms with Crippen LogP contribution in [0.3, 0.4) is 0 Å². The van der Waals surface area contributed by atoms with E-state index in [2.05, 4.69) is 9.40 Å². The lowest BCUT2D eigenvalue weighted by atomic mass is 10.3. The number of carbonyl (C=O) groups excluding carboxylic acids is 1. The fourth-order valence-corrected chi connectivity index (χ4v) is 0.726. The smallest absolute Gasteiger partial charge is 0.437 e. The summed E-state index contributed by atoms with van der Waals surface area (Å²) in [4.78, 5) is 13.1. The van der Waals surface area contributed by atoms with E-state index in [0.717, 1.165) is 0 Å². The highest BCUT2D eigenvalue weighted by Gasteiger charge is 2.38. The van der Waals surface area contributed by atoms with Gasteiger partial charge in [-0.2, -0.15) is 13.2 Å². The van der Waals surface area contributed by atoms with E-state index in [4.69, 9.17) is 0 Å². The molecule has 3 nitrogen and oxygen atoms in total. The molecule has 1 aromatic heterocycles. The highest BCUT2D eigenvalue weighted by molar-refractivity contribution is 5.72. The lowest BCUT2D eigenvalue weighted by molar-refractivity contribution is -0.141. The third kappa shape index (κ3) is 1.46. The van der Waals surface area contributed by atoms with E-state index in [1.807, 2.05) is 0 Å². The molecular weight excluding hydrogens is 175 g/mol. The summed E-state index contributed by atoms with van der Waals surface area (Å²) in [6.45, 7) is 1.24. The van der Waals surface area contributed by atoms with Crippen LogP contribution in [0.15, 0.2) is 4.42 Å². The molecule has 66 valence electrons. The van der Waals surface area contributed by atoms with Crippen LogP contribution in [0.25, 0.3) is 0 Å². The topological polar surface area (TPSA) is 43.1 Å². The van der Waals surface area contributed by atoms with Gasteiger partial charge in [0.25, 0.3) is 0 Å². The van der Waals surface area contributed by atoms with Crippen molar-refractivity contribution < 1.29 is 22.4 Å². The molecule has 0 unspecified atom stereocenters. The number of oxazole rings is 1. The highest BCUT2D eigenvalue weighted by atomic mass is 19.4. The summed E-state index contributed by atoms with van der Waals surface area (Å²) in [7, 11) is 0. The molecule has 0 aromatic carbocycles. The van der Waals surface area contributed by atoms with Gasteiger partial charge in [0.15, 0.2) is 23.6 Å². The van der Waals surface area contributed by atoms with Crippen molar-refractivity contribution in [3.63, 3.8) is 0 Å². The van der Waals surface area contributed by atoms with Gasteiger partial charge in [-0.15, -0.1) is 0 Å². The third-order valence-corrected chi connectivity index (χ3v) is 1.14.